The molecule has 1 N–H and O–H groups in total. The Morgan fingerprint density at radius 1 is 1.36 bits per heavy atom. The maximum Gasteiger partial charge on any atom is 0.268 e. The quantitative estimate of drug-likeness (QED) is 0.681. The Labute approximate surface area is 137 Å². The van der Waals surface area contributed by atoms with E-state index in [1.165, 1.54) is 17.4 Å². The van der Waals surface area contributed by atoms with E-state index in [2.05, 4.69) is 15.5 Å². The molecule has 0 atom stereocenters. The van der Waals surface area contributed by atoms with Gasteiger partial charge in [-0.3, -0.25) is 10.1 Å². The Hall–Kier alpha value is -2.23. The number of nitriles is 1. The number of carbonyl (C=O) groups excluding carboxylic acids is 1. The van der Waals surface area contributed by atoms with Gasteiger partial charge in [0.2, 0.25) is 5.13 Å². The molecule has 0 aliphatic carbocycles. The molecule has 0 bridgehead atoms. The van der Waals surface area contributed by atoms with Crippen molar-refractivity contribution in [3.05, 3.63) is 45.4 Å². The largest absolute Gasteiger partial charge is 0.296 e. The summed E-state index contributed by atoms with van der Waals surface area (Å²) < 4.78 is 0. The summed E-state index contributed by atoms with van der Waals surface area (Å²) in [6.45, 7) is 3.99. The van der Waals surface area contributed by atoms with Crippen molar-refractivity contribution in [2.75, 3.05) is 5.32 Å². The van der Waals surface area contributed by atoms with Crippen molar-refractivity contribution in [2.45, 2.75) is 19.8 Å². The smallest absolute Gasteiger partial charge is 0.268 e. The van der Waals surface area contributed by atoms with E-state index in [0.717, 1.165) is 10.6 Å². The Morgan fingerprint density at radius 3 is 2.59 bits per heavy atom. The number of nitrogens with one attached hydrogen (secondary N) is 1. The van der Waals surface area contributed by atoms with Gasteiger partial charge in [-0.2, -0.15) is 5.26 Å². The second kappa shape index (κ2) is 7.16. The molecule has 0 radical (unpaired) electrons. The first-order valence-electron chi connectivity index (χ1n) is 6.51. The lowest BCUT2D eigenvalue weighted by Gasteiger charge is -2.00. The van der Waals surface area contributed by atoms with Crippen molar-refractivity contribution >= 4 is 40.1 Å². The number of benzene rings is 1. The number of hydrogen-bond acceptors (Lipinski definition) is 5. The number of amides is 1. The van der Waals surface area contributed by atoms with Gasteiger partial charge in [-0.25, -0.2) is 0 Å². The van der Waals surface area contributed by atoms with Gasteiger partial charge in [-0.15, -0.1) is 10.2 Å². The van der Waals surface area contributed by atoms with Crippen LogP contribution in [-0.4, -0.2) is 16.1 Å². The Morgan fingerprint density at radius 2 is 2.05 bits per heavy atom. The van der Waals surface area contributed by atoms with E-state index < -0.39 is 5.91 Å². The Kier molecular flexibility index (Phi) is 5.26. The van der Waals surface area contributed by atoms with Crippen LogP contribution in [0.1, 0.15) is 30.3 Å². The summed E-state index contributed by atoms with van der Waals surface area (Å²) in [6.07, 6.45) is 1.50. The highest BCUT2D eigenvalue weighted by atomic mass is 35.5. The van der Waals surface area contributed by atoms with Gasteiger partial charge in [0, 0.05) is 10.9 Å². The fraction of sp³-hybridized carbons (Fsp3) is 0.200. The zero-order valence-corrected chi connectivity index (χ0v) is 13.6. The van der Waals surface area contributed by atoms with Crippen LogP contribution < -0.4 is 5.32 Å². The van der Waals surface area contributed by atoms with Gasteiger partial charge in [0.25, 0.3) is 5.91 Å². The third kappa shape index (κ3) is 4.13. The van der Waals surface area contributed by atoms with Crippen molar-refractivity contribution in [2.24, 2.45) is 0 Å². The molecule has 1 amide bonds. The van der Waals surface area contributed by atoms with E-state index in [9.17, 15) is 4.79 Å². The maximum atomic E-state index is 12.1. The van der Waals surface area contributed by atoms with Crippen LogP contribution in [0.3, 0.4) is 0 Å². The van der Waals surface area contributed by atoms with Gasteiger partial charge in [0.1, 0.15) is 16.6 Å². The van der Waals surface area contributed by atoms with Crippen molar-refractivity contribution in [1.82, 2.24) is 10.2 Å². The standard InChI is InChI=1S/C15H13ClN4OS/c1-9(2)14-19-20-15(22-14)18-13(21)11(8-17)7-10-3-5-12(16)6-4-10/h3-7,9H,1-2H3,(H,18,20,21)/b11-7-. The number of carbonyl (C=O) groups is 1. The van der Waals surface area contributed by atoms with E-state index >= 15 is 0 Å². The third-order valence-corrected chi connectivity index (χ3v) is 4.09. The lowest BCUT2D eigenvalue weighted by atomic mass is 10.1. The molecule has 0 spiro atoms. The summed E-state index contributed by atoms with van der Waals surface area (Å²) in [5.41, 5.74) is 0.708. The summed E-state index contributed by atoms with van der Waals surface area (Å²) in [4.78, 5) is 12.1. The molecule has 0 aliphatic rings. The highest BCUT2D eigenvalue weighted by Gasteiger charge is 2.13. The SMILES string of the molecule is CC(C)c1nnc(NC(=O)/C(C#N)=C\c2ccc(Cl)cc2)s1. The van der Waals surface area contributed by atoms with Crippen LogP contribution in [0.15, 0.2) is 29.8 Å². The molecule has 0 aliphatic heterocycles. The molecule has 22 heavy (non-hydrogen) atoms. The molecule has 7 heteroatoms. The molecule has 1 aromatic heterocycles. The van der Waals surface area contributed by atoms with E-state index in [4.69, 9.17) is 16.9 Å². The molecule has 0 unspecified atom stereocenters. The van der Waals surface area contributed by atoms with E-state index in [0.29, 0.717) is 10.2 Å². The first kappa shape index (κ1) is 16.1. The van der Waals surface area contributed by atoms with Gasteiger partial charge in [0.15, 0.2) is 0 Å². The van der Waals surface area contributed by atoms with Gasteiger partial charge in [0.05, 0.1) is 0 Å². The van der Waals surface area contributed by atoms with E-state index in [1.807, 2.05) is 19.9 Å². The molecule has 1 heterocycles. The predicted octanol–water partition coefficient (Wildman–Crippen LogP) is 3.86. The second-order valence-electron chi connectivity index (χ2n) is 4.78. The predicted molar refractivity (Wildman–Crippen MR) is 87.7 cm³/mol. The summed E-state index contributed by atoms with van der Waals surface area (Å²) >= 11 is 7.10. The van der Waals surface area contributed by atoms with E-state index in [-0.39, 0.29) is 11.5 Å². The van der Waals surface area contributed by atoms with Crippen LogP contribution in [-0.2, 0) is 4.79 Å². The lowest BCUT2D eigenvalue weighted by Crippen LogP contribution is -2.13. The summed E-state index contributed by atoms with van der Waals surface area (Å²) in [6, 6.07) is 8.74. The Bertz CT molecular complexity index is 744. The number of aromatic nitrogens is 2. The zero-order valence-electron chi connectivity index (χ0n) is 12.0. The monoisotopic (exact) mass is 332 g/mol. The van der Waals surface area contributed by atoms with Crippen LogP contribution in [0.25, 0.3) is 6.08 Å². The summed E-state index contributed by atoms with van der Waals surface area (Å²) in [7, 11) is 0. The van der Waals surface area contributed by atoms with Crippen molar-refractivity contribution < 1.29 is 4.79 Å². The number of anilines is 1. The van der Waals surface area contributed by atoms with Gasteiger partial charge in [-0.1, -0.05) is 48.9 Å². The number of rotatable bonds is 4. The lowest BCUT2D eigenvalue weighted by molar-refractivity contribution is -0.112. The normalized spacial score (nSPS) is 11.3. The molecule has 5 nitrogen and oxygen atoms in total. The summed E-state index contributed by atoms with van der Waals surface area (Å²) in [5.74, 6) is -0.271. The first-order chi connectivity index (χ1) is 10.5. The number of hydrogen-bond donors (Lipinski definition) is 1. The molecular formula is C15H13ClN4OS. The minimum atomic E-state index is -0.510. The minimum absolute atomic E-state index is 0.0105. The average molecular weight is 333 g/mol. The summed E-state index contributed by atoms with van der Waals surface area (Å²) in [5, 5.41) is 21.4. The highest BCUT2D eigenvalue weighted by Crippen LogP contribution is 2.23. The topological polar surface area (TPSA) is 78.7 Å². The fourth-order valence-electron chi connectivity index (χ4n) is 1.56. The van der Waals surface area contributed by atoms with Crippen LogP contribution in [0, 0.1) is 11.3 Å². The fourth-order valence-corrected chi connectivity index (χ4v) is 2.42. The highest BCUT2D eigenvalue weighted by molar-refractivity contribution is 7.15. The van der Waals surface area contributed by atoms with Gasteiger partial charge >= 0.3 is 0 Å². The third-order valence-electron chi connectivity index (χ3n) is 2.70. The molecule has 2 aromatic rings. The molecule has 2 rings (SSSR count). The van der Waals surface area contributed by atoms with Gasteiger partial charge < -0.3 is 0 Å². The van der Waals surface area contributed by atoms with Crippen LogP contribution >= 0.6 is 22.9 Å². The number of halogens is 1. The second-order valence-corrected chi connectivity index (χ2v) is 6.22. The molecule has 0 fully saturated rings. The average Bonchev–Trinajstić information content (AvgIpc) is 2.95. The molecule has 112 valence electrons. The molecule has 1 aromatic carbocycles. The molecule has 0 saturated carbocycles. The van der Waals surface area contributed by atoms with Crippen LogP contribution in [0.2, 0.25) is 5.02 Å². The van der Waals surface area contributed by atoms with E-state index in [1.54, 1.807) is 24.3 Å². The Balaban J connectivity index is 2.14. The maximum absolute atomic E-state index is 12.1. The minimum Gasteiger partial charge on any atom is -0.296 e. The van der Waals surface area contributed by atoms with Crippen molar-refractivity contribution in [3.63, 3.8) is 0 Å². The first-order valence-corrected chi connectivity index (χ1v) is 7.71. The molecule has 0 saturated heterocycles. The van der Waals surface area contributed by atoms with Crippen LogP contribution in [0.4, 0.5) is 5.13 Å². The van der Waals surface area contributed by atoms with Crippen LogP contribution in [0.5, 0.6) is 0 Å². The van der Waals surface area contributed by atoms with Crippen molar-refractivity contribution in [3.8, 4) is 6.07 Å². The van der Waals surface area contributed by atoms with Crippen molar-refractivity contribution in [1.29, 1.82) is 5.26 Å². The number of nitrogens with zero attached hydrogens (tertiary/aromatic N) is 3. The van der Waals surface area contributed by atoms with Gasteiger partial charge in [-0.05, 0) is 23.8 Å². The molecular weight excluding hydrogens is 320 g/mol. The zero-order chi connectivity index (χ0) is 16.1.